The van der Waals surface area contributed by atoms with E-state index in [1.807, 2.05) is 0 Å². The zero-order chi connectivity index (χ0) is 43.2. The average molecular weight is 849 g/mol. The van der Waals surface area contributed by atoms with Gasteiger partial charge in [0.05, 0.1) is 6.61 Å². The van der Waals surface area contributed by atoms with Gasteiger partial charge in [-0.1, -0.05) is 190 Å². The van der Waals surface area contributed by atoms with Crippen molar-refractivity contribution in [1.82, 2.24) is 0 Å². The molecular formula is C50H89O8P. The molecule has 59 heavy (non-hydrogen) atoms. The Bertz CT molecular complexity index is 1140. The molecule has 0 aliphatic rings. The van der Waals surface area contributed by atoms with Crippen LogP contribution in [0.5, 0.6) is 0 Å². The van der Waals surface area contributed by atoms with Crippen molar-refractivity contribution in [3.8, 4) is 0 Å². The van der Waals surface area contributed by atoms with Gasteiger partial charge >= 0.3 is 19.8 Å². The number of phosphoric acid groups is 1. The molecule has 0 radical (unpaired) electrons. The van der Waals surface area contributed by atoms with E-state index in [9.17, 15) is 19.0 Å². The number of ether oxygens (including phenoxy) is 2. The minimum absolute atomic E-state index is 0.231. The molecule has 8 nitrogen and oxygen atoms in total. The van der Waals surface area contributed by atoms with Gasteiger partial charge in [-0.3, -0.25) is 18.6 Å². The second kappa shape index (κ2) is 45.3. The van der Waals surface area contributed by atoms with E-state index in [2.05, 4.69) is 79.1 Å². The van der Waals surface area contributed by atoms with Crippen LogP contribution >= 0.6 is 7.82 Å². The lowest BCUT2D eigenvalue weighted by Gasteiger charge is -2.19. The smallest absolute Gasteiger partial charge is 0.462 e. The first kappa shape index (κ1) is 56.8. The molecule has 0 aromatic rings. The fourth-order valence-corrected chi connectivity index (χ4v) is 7.05. The van der Waals surface area contributed by atoms with E-state index < -0.39 is 26.5 Å². The summed E-state index contributed by atoms with van der Waals surface area (Å²) in [5.41, 5.74) is 0. The Balaban J connectivity index is 3.96. The van der Waals surface area contributed by atoms with Crippen molar-refractivity contribution in [2.45, 2.75) is 225 Å². The molecule has 342 valence electrons. The van der Waals surface area contributed by atoms with Crippen LogP contribution in [0, 0.1) is 0 Å². The first-order valence-corrected chi connectivity index (χ1v) is 25.5. The van der Waals surface area contributed by atoms with E-state index in [0.29, 0.717) is 6.42 Å². The van der Waals surface area contributed by atoms with Gasteiger partial charge in [-0.25, -0.2) is 4.57 Å². The number of allylic oxidation sites excluding steroid dienone is 10. The Hall–Kier alpha value is -2.25. The van der Waals surface area contributed by atoms with Crippen LogP contribution in [0.3, 0.4) is 0 Å². The number of phosphoric ester groups is 1. The van der Waals surface area contributed by atoms with E-state index in [1.165, 1.54) is 116 Å². The summed E-state index contributed by atoms with van der Waals surface area (Å²) in [6.45, 7) is 3.78. The van der Waals surface area contributed by atoms with Gasteiger partial charge in [-0.05, 0) is 77.0 Å². The van der Waals surface area contributed by atoms with Gasteiger partial charge in [0.25, 0.3) is 0 Å². The van der Waals surface area contributed by atoms with E-state index >= 15 is 0 Å². The van der Waals surface area contributed by atoms with E-state index in [4.69, 9.17) is 14.0 Å². The first-order chi connectivity index (χ1) is 28.8. The number of hydrogen-bond donors (Lipinski definition) is 1. The largest absolute Gasteiger partial charge is 0.472 e. The molecule has 0 aliphatic heterocycles. The van der Waals surface area contributed by atoms with Crippen molar-refractivity contribution in [1.29, 1.82) is 0 Å². The molecule has 0 aliphatic carbocycles. The predicted molar refractivity (Wildman–Crippen MR) is 248 cm³/mol. The van der Waals surface area contributed by atoms with Crippen LogP contribution in [-0.4, -0.2) is 43.3 Å². The molecule has 0 amide bonds. The molecule has 2 unspecified atom stereocenters. The van der Waals surface area contributed by atoms with Crippen molar-refractivity contribution in [2.24, 2.45) is 0 Å². The fraction of sp³-hybridized carbons (Fsp3) is 0.760. The molecular weight excluding hydrogens is 760 g/mol. The highest BCUT2D eigenvalue weighted by Crippen LogP contribution is 2.42. The monoisotopic (exact) mass is 849 g/mol. The number of rotatable bonds is 44. The molecule has 0 heterocycles. The third-order valence-electron chi connectivity index (χ3n) is 10.2. The van der Waals surface area contributed by atoms with Gasteiger partial charge in [0.1, 0.15) is 6.61 Å². The Kier molecular flexibility index (Phi) is 43.6. The van der Waals surface area contributed by atoms with E-state index in [-0.39, 0.29) is 25.4 Å². The summed E-state index contributed by atoms with van der Waals surface area (Å²) >= 11 is 0. The van der Waals surface area contributed by atoms with Crippen LogP contribution in [0.15, 0.2) is 60.8 Å². The number of unbranched alkanes of at least 4 members (excludes halogenated alkanes) is 23. The van der Waals surface area contributed by atoms with Crippen LogP contribution < -0.4 is 0 Å². The summed E-state index contributed by atoms with van der Waals surface area (Å²) < 4.78 is 32.1. The number of carbonyl (C=O) groups excluding carboxylic acids is 2. The SMILES string of the molecule is CC/C=C\C/C=C\C/C=C\C/C=C\CCCCCCCCCCC(=O)OC(COC(=O)CCCCCCCCCCC/C=C\CCCCCCCC)COP(=O)(O)OC. The molecule has 0 saturated carbocycles. The summed E-state index contributed by atoms with van der Waals surface area (Å²) in [4.78, 5) is 34.6. The summed E-state index contributed by atoms with van der Waals surface area (Å²) in [5, 5.41) is 0. The lowest BCUT2D eigenvalue weighted by atomic mass is 10.1. The van der Waals surface area contributed by atoms with Crippen LogP contribution in [0.1, 0.15) is 219 Å². The molecule has 1 N–H and O–H groups in total. The van der Waals surface area contributed by atoms with Crippen LogP contribution in [0.25, 0.3) is 0 Å². The summed E-state index contributed by atoms with van der Waals surface area (Å²) in [6, 6.07) is 0. The highest BCUT2D eigenvalue weighted by Gasteiger charge is 2.24. The molecule has 9 heteroatoms. The molecule has 0 aromatic heterocycles. The Labute approximate surface area is 362 Å². The maximum atomic E-state index is 12.6. The highest BCUT2D eigenvalue weighted by atomic mass is 31.2. The minimum Gasteiger partial charge on any atom is -0.462 e. The standard InChI is InChI=1S/C50H89O8P/c1-4-6-8-10-12-14-16-18-20-22-24-25-27-29-31-33-35-37-39-41-43-45-50(52)58-48(47-57-59(53,54)55-3)46-56-49(51)44-42-40-38-36-34-32-30-28-26-23-21-19-17-15-13-11-9-7-5-2/h6,8,12,14,18-21,24-25,48H,4-5,7,9-11,13,15-17,22-23,26-47H2,1-3H3,(H,53,54)/b8-6-,14-12-,20-18-,21-19-,25-24-. The highest BCUT2D eigenvalue weighted by molar-refractivity contribution is 7.47. The number of carbonyl (C=O) groups is 2. The maximum absolute atomic E-state index is 12.6. The third-order valence-corrected chi connectivity index (χ3v) is 11.2. The zero-order valence-corrected chi connectivity index (χ0v) is 39.0. The van der Waals surface area contributed by atoms with Gasteiger partial charge < -0.3 is 14.4 Å². The summed E-state index contributed by atoms with van der Waals surface area (Å²) in [6.07, 6.45) is 57.0. The molecule has 2 atom stereocenters. The number of hydrogen-bond acceptors (Lipinski definition) is 7. The van der Waals surface area contributed by atoms with Crippen molar-refractivity contribution in [3.63, 3.8) is 0 Å². The van der Waals surface area contributed by atoms with Gasteiger partial charge in [0.2, 0.25) is 0 Å². The van der Waals surface area contributed by atoms with Gasteiger partial charge in [-0.2, -0.15) is 0 Å². The fourth-order valence-electron chi connectivity index (χ4n) is 6.59. The van der Waals surface area contributed by atoms with Gasteiger partial charge in [0.15, 0.2) is 6.10 Å². The summed E-state index contributed by atoms with van der Waals surface area (Å²) in [5.74, 6) is -0.813. The van der Waals surface area contributed by atoms with E-state index in [0.717, 1.165) is 77.7 Å². The second-order valence-electron chi connectivity index (χ2n) is 15.9. The molecule has 0 spiro atoms. The van der Waals surface area contributed by atoms with Crippen LogP contribution in [-0.2, 0) is 32.7 Å². The summed E-state index contributed by atoms with van der Waals surface area (Å²) in [7, 11) is -3.21. The predicted octanol–water partition coefficient (Wildman–Crippen LogP) is 15.5. The lowest BCUT2D eigenvalue weighted by molar-refractivity contribution is -0.161. The Morgan fingerprint density at radius 3 is 1.31 bits per heavy atom. The Morgan fingerprint density at radius 2 is 0.864 bits per heavy atom. The van der Waals surface area contributed by atoms with Crippen LogP contribution in [0.4, 0.5) is 0 Å². The van der Waals surface area contributed by atoms with Gasteiger partial charge in [0, 0.05) is 20.0 Å². The van der Waals surface area contributed by atoms with Crippen molar-refractivity contribution in [2.75, 3.05) is 20.3 Å². The topological polar surface area (TPSA) is 108 Å². The molecule has 0 aromatic carbocycles. The first-order valence-electron chi connectivity index (χ1n) is 24.0. The minimum atomic E-state index is -4.27. The molecule has 0 bridgehead atoms. The Morgan fingerprint density at radius 1 is 0.492 bits per heavy atom. The van der Waals surface area contributed by atoms with Crippen molar-refractivity contribution in [3.05, 3.63) is 60.8 Å². The van der Waals surface area contributed by atoms with E-state index in [1.54, 1.807) is 0 Å². The normalized spacial score (nSPS) is 13.8. The average Bonchev–Trinajstić information content (AvgIpc) is 3.23. The zero-order valence-electron chi connectivity index (χ0n) is 38.1. The molecule has 0 saturated heterocycles. The maximum Gasteiger partial charge on any atom is 0.472 e. The molecule has 0 fully saturated rings. The van der Waals surface area contributed by atoms with Crippen LogP contribution in [0.2, 0.25) is 0 Å². The second-order valence-corrected chi connectivity index (χ2v) is 17.4. The lowest BCUT2D eigenvalue weighted by Crippen LogP contribution is -2.29. The van der Waals surface area contributed by atoms with Crippen molar-refractivity contribution >= 4 is 19.8 Å². The molecule has 0 rings (SSSR count). The van der Waals surface area contributed by atoms with Gasteiger partial charge in [-0.15, -0.1) is 0 Å². The quantitative estimate of drug-likeness (QED) is 0.0279. The third kappa shape index (κ3) is 45.1. The number of esters is 2. The van der Waals surface area contributed by atoms with Crippen molar-refractivity contribution < 1.29 is 37.6 Å².